The summed E-state index contributed by atoms with van der Waals surface area (Å²) in [5, 5.41) is 10.00. The highest BCUT2D eigenvalue weighted by Gasteiger charge is 2.47. The topological polar surface area (TPSA) is 113 Å². The number of aliphatic hydroxyl groups excluding tert-OH is 1. The first kappa shape index (κ1) is 22.4. The van der Waals surface area contributed by atoms with Gasteiger partial charge in [-0.15, -0.1) is 0 Å². The van der Waals surface area contributed by atoms with Crippen molar-refractivity contribution in [2.75, 3.05) is 27.4 Å². The zero-order chi connectivity index (χ0) is 19.5. The summed E-state index contributed by atoms with van der Waals surface area (Å²) in [6.07, 6.45) is -4.25. The van der Waals surface area contributed by atoms with Crippen LogP contribution in [0.3, 0.4) is 0 Å². The van der Waals surface area contributed by atoms with Crippen LogP contribution in [0.5, 0.6) is 0 Å². The van der Waals surface area contributed by atoms with Crippen LogP contribution >= 0.6 is 7.82 Å². The van der Waals surface area contributed by atoms with Crippen molar-refractivity contribution in [3.05, 3.63) is 0 Å². The fraction of sp³-hybridized carbons (Fsp3) is 1.00. The monoisotopic (exact) mass is 387 g/mol. The van der Waals surface area contributed by atoms with Gasteiger partial charge in [0.05, 0.1) is 26.5 Å². The van der Waals surface area contributed by atoms with Crippen LogP contribution in [-0.4, -0.2) is 103 Å². The Morgan fingerprint density at radius 1 is 1.19 bits per heavy atom. The summed E-state index contributed by atoms with van der Waals surface area (Å²) in [4.78, 5) is 10.0. The molecule has 0 saturated carbocycles. The standard InChI is InChI=1S/C13H23B3O9P/c1-6-10(21-3)8(24-13(6)16-15)5-22-26(18,19)25-11-7(4-20-2)23-12(14)9(11)17/h6-13,17H,4-5H2,1-3H3,(H,18,19)/t6-,7+,8+,9-,10?,11?,12+,13+/m0/s1. The van der Waals surface area contributed by atoms with Gasteiger partial charge in [-0.2, -0.15) is 0 Å². The van der Waals surface area contributed by atoms with E-state index >= 15 is 0 Å². The smallest absolute Gasteiger partial charge is 0.388 e. The van der Waals surface area contributed by atoms with Crippen LogP contribution in [-0.2, 0) is 32.6 Å². The van der Waals surface area contributed by atoms with Gasteiger partial charge in [0.15, 0.2) is 0 Å². The normalized spacial score (nSPS) is 42.7. The highest BCUT2D eigenvalue weighted by atomic mass is 31.2. The Morgan fingerprint density at radius 3 is 2.42 bits per heavy atom. The minimum Gasteiger partial charge on any atom is -0.388 e. The van der Waals surface area contributed by atoms with Crippen molar-refractivity contribution in [1.82, 2.24) is 0 Å². The lowest BCUT2D eigenvalue weighted by atomic mass is 9.49. The second-order valence-electron chi connectivity index (χ2n) is 6.31. The molecule has 2 aliphatic heterocycles. The van der Waals surface area contributed by atoms with Gasteiger partial charge in [0, 0.05) is 39.9 Å². The largest absolute Gasteiger partial charge is 0.472 e. The van der Waals surface area contributed by atoms with E-state index in [-0.39, 0.29) is 31.2 Å². The first-order valence-electron chi connectivity index (χ1n) is 8.21. The number of phosphoric acid groups is 1. The third-order valence-corrected chi connectivity index (χ3v) is 5.54. The van der Waals surface area contributed by atoms with Gasteiger partial charge in [-0.05, 0) is 0 Å². The summed E-state index contributed by atoms with van der Waals surface area (Å²) in [6.45, 7) is 1.66. The molecular formula is C13H23B3O9P. The van der Waals surface area contributed by atoms with Gasteiger partial charge in [0.1, 0.15) is 32.3 Å². The molecule has 5 radical (unpaired) electrons. The fourth-order valence-electron chi connectivity index (χ4n) is 3.20. The van der Waals surface area contributed by atoms with E-state index in [1.54, 1.807) is 0 Å². The average Bonchev–Trinajstić information content (AvgIpc) is 3.04. The first-order chi connectivity index (χ1) is 12.2. The van der Waals surface area contributed by atoms with Crippen molar-refractivity contribution in [3.63, 3.8) is 0 Å². The molecule has 0 aromatic heterocycles. The third kappa shape index (κ3) is 5.13. The molecule has 0 amide bonds. The lowest BCUT2D eigenvalue weighted by Crippen LogP contribution is -2.37. The Balaban J connectivity index is 1.95. The van der Waals surface area contributed by atoms with E-state index in [9.17, 15) is 14.6 Å². The van der Waals surface area contributed by atoms with Gasteiger partial charge >= 0.3 is 7.82 Å². The lowest BCUT2D eigenvalue weighted by Gasteiger charge is -2.24. The predicted molar refractivity (Wildman–Crippen MR) is 93.1 cm³/mol. The molecule has 2 rings (SSSR count). The quantitative estimate of drug-likeness (QED) is 0.363. The number of ether oxygens (including phenoxy) is 4. The molecule has 13 heteroatoms. The Labute approximate surface area is 156 Å². The van der Waals surface area contributed by atoms with E-state index in [2.05, 4.69) is 0 Å². The fourth-order valence-corrected chi connectivity index (χ4v) is 4.16. The molecular weight excluding hydrogens is 364 g/mol. The van der Waals surface area contributed by atoms with Crippen LogP contribution in [0, 0.1) is 5.92 Å². The van der Waals surface area contributed by atoms with Crippen molar-refractivity contribution >= 4 is 30.6 Å². The minimum absolute atomic E-state index is 0.0262. The SMILES string of the molecule is [B][B][C@@H]1O[C@H](COP(=O)(O)OC2[C@@H](COC)O[C@@H]([B])[C@H]2O)C(OC)[C@@H]1C. The molecule has 2 aliphatic rings. The third-order valence-electron chi connectivity index (χ3n) is 4.56. The van der Waals surface area contributed by atoms with Crippen LogP contribution < -0.4 is 0 Å². The molecule has 2 N–H and O–H groups in total. The minimum atomic E-state index is -4.53. The summed E-state index contributed by atoms with van der Waals surface area (Å²) in [7, 11) is 10.9. The molecule has 0 aromatic rings. The number of rotatable bonds is 9. The molecule has 2 fully saturated rings. The summed E-state index contributed by atoms with van der Waals surface area (Å²) in [6, 6.07) is -1.42. The molecule has 143 valence electrons. The maximum absolute atomic E-state index is 12.3. The Morgan fingerprint density at radius 2 is 1.85 bits per heavy atom. The van der Waals surface area contributed by atoms with Crippen LogP contribution in [0.25, 0.3) is 0 Å². The highest BCUT2D eigenvalue weighted by Crippen LogP contribution is 2.48. The Bertz CT molecular complexity index is 501. The number of hydrogen-bond acceptors (Lipinski definition) is 8. The summed E-state index contributed by atoms with van der Waals surface area (Å²) in [5.41, 5.74) is 0. The molecule has 9 atom stereocenters. The van der Waals surface area contributed by atoms with Crippen molar-refractivity contribution < 1.29 is 42.6 Å². The van der Waals surface area contributed by atoms with Gasteiger partial charge in [-0.3, -0.25) is 9.05 Å². The summed E-state index contributed by atoms with van der Waals surface area (Å²) in [5.74, 6) is -0.0493. The van der Waals surface area contributed by atoms with Crippen LogP contribution in [0.2, 0.25) is 0 Å². The molecule has 0 spiro atoms. The summed E-state index contributed by atoms with van der Waals surface area (Å²) >= 11 is 0. The van der Waals surface area contributed by atoms with Crippen molar-refractivity contribution in [1.29, 1.82) is 0 Å². The van der Waals surface area contributed by atoms with E-state index in [1.165, 1.54) is 21.4 Å². The van der Waals surface area contributed by atoms with E-state index in [0.29, 0.717) is 0 Å². The van der Waals surface area contributed by atoms with Crippen molar-refractivity contribution in [2.24, 2.45) is 5.92 Å². The highest BCUT2D eigenvalue weighted by molar-refractivity contribution is 7.47. The van der Waals surface area contributed by atoms with Gasteiger partial charge < -0.3 is 28.9 Å². The predicted octanol–water partition coefficient (Wildman–Crippen LogP) is -1.45. The number of phosphoric ester groups is 1. The van der Waals surface area contributed by atoms with Crippen LogP contribution in [0.1, 0.15) is 6.92 Å². The van der Waals surface area contributed by atoms with Gasteiger partial charge in [0.25, 0.3) is 0 Å². The van der Waals surface area contributed by atoms with E-state index in [4.69, 9.17) is 43.6 Å². The zero-order valence-electron chi connectivity index (χ0n) is 15.0. The lowest BCUT2D eigenvalue weighted by molar-refractivity contribution is -0.0423. The second-order valence-corrected chi connectivity index (χ2v) is 7.72. The van der Waals surface area contributed by atoms with Gasteiger partial charge in [0.2, 0.25) is 0 Å². The number of aliphatic hydroxyl groups is 1. The Hall–Kier alpha value is 0.105. The molecule has 26 heavy (non-hydrogen) atoms. The Kier molecular flexibility index (Phi) is 8.22. The molecule has 2 saturated heterocycles. The number of hydrogen-bond donors (Lipinski definition) is 2. The van der Waals surface area contributed by atoms with Crippen molar-refractivity contribution in [3.8, 4) is 0 Å². The zero-order valence-corrected chi connectivity index (χ0v) is 15.9. The maximum atomic E-state index is 12.3. The molecule has 0 aromatic carbocycles. The van der Waals surface area contributed by atoms with Crippen molar-refractivity contribution in [2.45, 2.75) is 49.5 Å². The molecule has 2 heterocycles. The van der Waals surface area contributed by atoms with E-state index in [1.807, 2.05) is 6.92 Å². The van der Waals surface area contributed by atoms with E-state index < -0.39 is 38.2 Å². The van der Waals surface area contributed by atoms with E-state index in [0.717, 1.165) is 0 Å². The summed E-state index contributed by atoms with van der Waals surface area (Å²) < 4.78 is 43.6. The molecule has 3 unspecified atom stereocenters. The first-order valence-corrected chi connectivity index (χ1v) is 9.70. The number of methoxy groups -OCH3 is 2. The maximum Gasteiger partial charge on any atom is 0.472 e. The van der Waals surface area contributed by atoms with Crippen LogP contribution in [0.4, 0.5) is 0 Å². The second kappa shape index (κ2) is 9.54. The molecule has 0 aliphatic carbocycles. The van der Waals surface area contributed by atoms with Gasteiger partial charge in [-0.1, -0.05) is 6.92 Å². The molecule has 9 nitrogen and oxygen atoms in total. The average molecular weight is 387 g/mol. The van der Waals surface area contributed by atoms with Crippen LogP contribution in [0.15, 0.2) is 0 Å². The molecule has 0 bridgehead atoms. The van der Waals surface area contributed by atoms with Gasteiger partial charge in [-0.25, -0.2) is 4.57 Å².